The lowest BCUT2D eigenvalue weighted by molar-refractivity contribution is 0.0921. The van der Waals surface area contributed by atoms with Crippen LogP contribution in [-0.4, -0.2) is 27.0 Å². The first-order valence-corrected chi connectivity index (χ1v) is 9.54. The molecule has 3 heterocycles. The molecule has 148 valence electrons. The van der Waals surface area contributed by atoms with Crippen LogP contribution < -0.4 is 10.1 Å². The minimum Gasteiger partial charge on any atom is -0.486 e. The van der Waals surface area contributed by atoms with Gasteiger partial charge in [0, 0.05) is 19.2 Å². The van der Waals surface area contributed by atoms with Crippen molar-refractivity contribution >= 4 is 11.6 Å². The molecule has 1 N–H and O–H groups in total. The lowest BCUT2D eigenvalue weighted by Crippen LogP contribution is -2.24. The third-order valence-electron chi connectivity index (χ3n) is 4.50. The fraction of sp³-hybridized carbons (Fsp3) is 0.227. The Bertz CT molecular complexity index is 1120. The van der Waals surface area contributed by atoms with Gasteiger partial charge < -0.3 is 14.5 Å². The number of pyridine rings is 1. The first kappa shape index (κ1) is 18.7. The number of nitrogens with one attached hydrogen (secondary N) is 1. The highest BCUT2D eigenvalue weighted by atomic mass is 16.5. The van der Waals surface area contributed by atoms with Crippen LogP contribution in [0.3, 0.4) is 0 Å². The zero-order valence-electron chi connectivity index (χ0n) is 16.2. The number of fused-ring (bicyclic) bond motifs is 1. The van der Waals surface area contributed by atoms with Gasteiger partial charge in [0.2, 0.25) is 0 Å². The summed E-state index contributed by atoms with van der Waals surface area (Å²) in [5.41, 5.74) is 1.95. The van der Waals surface area contributed by atoms with Crippen molar-refractivity contribution in [2.24, 2.45) is 0 Å². The Kier molecular flexibility index (Phi) is 5.56. The Morgan fingerprint density at radius 2 is 2.07 bits per heavy atom. The molecule has 4 aromatic rings. The van der Waals surface area contributed by atoms with Crippen LogP contribution in [0.4, 0.5) is 0 Å². The molecule has 0 aliphatic heterocycles. The Balaban J connectivity index is 1.24. The number of furan rings is 1. The second-order valence-corrected chi connectivity index (χ2v) is 6.78. The summed E-state index contributed by atoms with van der Waals surface area (Å²) in [6.45, 7) is 2.81. The molecule has 0 aliphatic rings. The minimum absolute atomic E-state index is 0.238. The third-order valence-corrected chi connectivity index (χ3v) is 4.50. The van der Waals surface area contributed by atoms with Gasteiger partial charge in [-0.1, -0.05) is 18.2 Å². The number of carbonyl (C=O) groups is 1. The van der Waals surface area contributed by atoms with Crippen LogP contribution in [0, 0.1) is 6.92 Å². The normalized spacial score (nSPS) is 10.9. The van der Waals surface area contributed by atoms with E-state index in [1.807, 2.05) is 60.0 Å². The lowest BCUT2D eigenvalue weighted by atomic mass is 10.2. The first-order chi connectivity index (χ1) is 14.2. The molecule has 0 aliphatic carbocycles. The molecule has 0 atom stereocenters. The van der Waals surface area contributed by atoms with Gasteiger partial charge in [-0.05, 0) is 55.3 Å². The lowest BCUT2D eigenvalue weighted by Gasteiger charge is -2.05. The zero-order valence-corrected chi connectivity index (χ0v) is 16.2. The van der Waals surface area contributed by atoms with Crippen LogP contribution in [-0.2, 0) is 13.0 Å². The van der Waals surface area contributed by atoms with Gasteiger partial charge in [-0.15, -0.1) is 10.2 Å². The van der Waals surface area contributed by atoms with Gasteiger partial charge in [-0.2, -0.15) is 0 Å². The average molecular weight is 390 g/mol. The van der Waals surface area contributed by atoms with E-state index in [9.17, 15) is 4.79 Å². The molecule has 0 spiro atoms. The van der Waals surface area contributed by atoms with Crippen molar-refractivity contribution in [2.45, 2.75) is 26.4 Å². The SMILES string of the molecule is Cc1cccc(OCc2ccc(C(=O)NCCCc3nnc4ccccn34)o2)c1. The molecule has 0 fully saturated rings. The summed E-state index contributed by atoms with van der Waals surface area (Å²) in [6.07, 6.45) is 3.41. The van der Waals surface area contributed by atoms with E-state index in [4.69, 9.17) is 9.15 Å². The molecule has 4 rings (SSSR count). The van der Waals surface area contributed by atoms with Crippen molar-refractivity contribution in [3.63, 3.8) is 0 Å². The van der Waals surface area contributed by atoms with Crippen molar-refractivity contribution in [3.05, 3.63) is 83.7 Å². The number of aromatic nitrogens is 3. The number of ether oxygens (including phenoxy) is 1. The highest BCUT2D eigenvalue weighted by Crippen LogP contribution is 2.16. The highest BCUT2D eigenvalue weighted by molar-refractivity contribution is 5.91. The predicted octanol–water partition coefficient (Wildman–Crippen LogP) is 3.57. The van der Waals surface area contributed by atoms with Crippen molar-refractivity contribution < 1.29 is 13.9 Å². The Morgan fingerprint density at radius 3 is 2.97 bits per heavy atom. The van der Waals surface area contributed by atoms with Gasteiger partial charge in [0.15, 0.2) is 11.4 Å². The smallest absolute Gasteiger partial charge is 0.286 e. The largest absolute Gasteiger partial charge is 0.486 e. The molecule has 1 amide bonds. The van der Waals surface area contributed by atoms with Crippen LogP contribution in [0.15, 0.2) is 65.2 Å². The molecule has 0 unspecified atom stereocenters. The fourth-order valence-electron chi connectivity index (χ4n) is 3.03. The molecule has 29 heavy (non-hydrogen) atoms. The van der Waals surface area contributed by atoms with Crippen LogP contribution in [0.5, 0.6) is 5.75 Å². The zero-order chi connectivity index (χ0) is 20.1. The monoisotopic (exact) mass is 390 g/mol. The molecular weight excluding hydrogens is 368 g/mol. The summed E-state index contributed by atoms with van der Waals surface area (Å²) in [5, 5.41) is 11.2. The van der Waals surface area contributed by atoms with Crippen LogP contribution in [0.25, 0.3) is 5.65 Å². The summed E-state index contributed by atoms with van der Waals surface area (Å²) in [5.74, 6) is 2.29. The molecule has 3 aromatic heterocycles. The standard InChI is InChI=1S/C22H22N4O3/c1-16-6-4-7-17(14-16)28-15-18-10-11-19(29-18)22(27)23-12-5-9-21-25-24-20-8-2-3-13-26(20)21/h2-4,6-8,10-11,13-14H,5,9,12,15H2,1H3,(H,23,27). The summed E-state index contributed by atoms with van der Waals surface area (Å²) in [4.78, 5) is 12.3. The number of rotatable bonds is 8. The number of carbonyl (C=O) groups excluding carboxylic acids is 1. The van der Waals surface area contributed by atoms with Gasteiger partial charge in [-0.3, -0.25) is 9.20 Å². The Hall–Kier alpha value is -3.61. The van der Waals surface area contributed by atoms with E-state index in [1.54, 1.807) is 12.1 Å². The first-order valence-electron chi connectivity index (χ1n) is 9.54. The summed E-state index contributed by atoms with van der Waals surface area (Å²) in [6, 6.07) is 17.0. The molecule has 7 nitrogen and oxygen atoms in total. The van der Waals surface area contributed by atoms with E-state index >= 15 is 0 Å². The van der Waals surface area contributed by atoms with Gasteiger partial charge >= 0.3 is 0 Å². The van der Waals surface area contributed by atoms with Gasteiger partial charge in [0.25, 0.3) is 5.91 Å². The van der Waals surface area contributed by atoms with Crippen molar-refractivity contribution in [3.8, 4) is 5.75 Å². The van der Waals surface area contributed by atoms with E-state index in [0.29, 0.717) is 12.3 Å². The van der Waals surface area contributed by atoms with Gasteiger partial charge in [0.05, 0.1) is 0 Å². The topological polar surface area (TPSA) is 81.7 Å². The summed E-state index contributed by atoms with van der Waals surface area (Å²) in [7, 11) is 0. The molecule has 1 aromatic carbocycles. The van der Waals surface area contributed by atoms with Crippen LogP contribution in [0.1, 0.15) is 34.1 Å². The van der Waals surface area contributed by atoms with Gasteiger partial charge in [-0.25, -0.2) is 0 Å². The average Bonchev–Trinajstić information content (AvgIpc) is 3.37. The van der Waals surface area contributed by atoms with E-state index in [1.165, 1.54) is 0 Å². The van der Waals surface area contributed by atoms with E-state index < -0.39 is 0 Å². The van der Waals surface area contributed by atoms with E-state index in [0.717, 1.165) is 35.6 Å². The maximum absolute atomic E-state index is 12.3. The van der Waals surface area contributed by atoms with Crippen LogP contribution >= 0.6 is 0 Å². The molecule has 0 saturated heterocycles. The number of aryl methyl sites for hydroxylation is 2. The Labute approximate surface area is 168 Å². The summed E-state index contributed by atoms with van der Waals surface area (Å²) >= 11 is 0. The molecular formula is C22H22N4O3. The van der Waals surface area contributed by atoms with Crippen LogP contribution in [0.2, 0.25) is 0 Å². The minimum atomic E-state index is -0.238. The second kappa shape index (κ2) is 8.60. The van der Waals surface area contributed by atoms with E-state index in [-0.39, 0.29) is 18.3 Å². The maximum Gasteiger partial charge on any atom is 0.286 e. The van der Waals surface area contributed by atoms with Gasteiger partial charge in [0.1, 0.15) is 23.9 Å². The molecule has 0 bridgehead atoms. The number of nitrogens with zero attached hydrogens (tertiary/aromatic N) is 3. The number of hydrogen-bond acceptors (Lipinski definition) is 5. The number of amides is 1. The van der Waals surface area contributed by atoms with Crippen molar-refractivity contribution in [2.75, 3.05) is 6.54 Å². The number of benzene rings is 1. The third kappa shape index (κ3) is 4.63. The predicted molar refractivity (Wildman–Crippen MR) is 108 cm³/mol. The molecule has 7 heteroatoms. The maximum atomic E-state index is 12.3. The van der Waals surface area contributed by atoms with Crippen molar-refractivity contribution in [1.29, 1.82) is 0 Å². The molecule has 0 saturated carbocycles. The molecule has 0 radical (unpaired) electrons. The van der Waals surface area contributed by atoms with E-state index in [2.05, 4.69) is 15.5 Å². The van der Waals surface area contributed by atoms with Crippen molar-refractivity contribution in [1.82, 2.24) is 19.9 Å². The fourth-order valence-corrected chi connectivity index (χ4v) is 3.03. The summed E-state index contributed by atoms with van der Waals surface area (Å²) < 4.78 is 13.2. The second-order valence-electron chi connectivity index (χ2n) is 6.78. The quantitative estimate of drug-likeness (QED) is 0.465. The number of hydrogen-bond donors (Lipinski definition) is 1. The Morgan fingerprint density at radius 1 is 1.14 bits per heavy atom. The highest BCUT2D eigenvalue weighted by Gasteiger charge is 2.11.